The third-order valence-corrected chi connectivity index (χ3v) is 5.39. The second kappa shape index (κ2) is 8.76. The minimum atomic E-state index is -0.349. The molecule has 0 saturated carbocycles. The minimum absolute atomic E-state index is 0.309. The Balaban J connectivity index is 1.37. The minimum Gasteiger partial charge on any atom is -0.338 e. The van der Waals surface area contributed by atoms with Crippen LogP contribution in [0, 0.1) is 5.82 Å². The van der Waals surface area contributed by atoms with Crippen molar-refractivity contribution in [3.8, 4) is 22.5 Å². The molecule has 1 heterocycles. The van der Waals surface area contributed by atoms with Crippen LogP contribution in [0.1, 0.15) is 0 Å². The number of fused-ring (bicyclic) bond motifs is 1. The first-order chi connectivity index (χ1) is 16.0. The molecule has 2 amide bonds. The Bertz CT molecular complexity index is 1460. The lowest BCUT2D eigenvalue weighted by atomic mass is 10.0. The molecule has 1 aromatic heterocycles. The van der Waals surface area contributed by atoms with Gasteiger partial charge in [-0.1, -0.05) is 41.9 Å². The van der Waals surface area contributed by atoms with Crippen LogP contribution in [0.3, 0.4) is 0 Å². The van der Waals surface area contributed by atoms with Gasteiger partial charge in [-0.2, -0.15) is 0 Å². The molecule has 0 aliphatic heterocycles. The lowest BCUT2D eigenvalue weighted by Gasteiger charge is -2.10. The number of nitrogens with zero attached hydrogens (tertiary/aromatic N) is 1. The number of carbonyl (C=O) groups is 1. The van der Waals surface area contributed by atoms with Crippen LogP contribution in [-0.4, -0.2) is 16.0 Å². The molecule has 33 heavy (non-hydrogen) atoms. The van der Waals surface area contributed by atoms with Gasteiger partial charge in [-0.15, -0.1) is 0 Å². The van der Waals surface area contributed by atoms with Gasteiger partial charge in [0, 0.05) is 22.0 Å². The molecule has 0 saturated heterocycles. The molecule has 7 heteroatoms. The number of hydrogen-bond acceptors (Lipinski definition) is 2. The summed E-state index contributed by atoms with van der Waals surface area (Å²) in [6.07, 6.45) is 0. The van der Waals surface area contributed by atoms with Gasteiger partial charge in [0.05, 0.1) is 11.0 Å². The number of aromatic amines is 1. The summed E-state index contributed by atoms with van der Waals surface area (Å²) >= 11 is 5.88. The van der Waals surface area contributed by atoms with Crippen LogP contribution in [0.5, 0.6) is 0 Å². The number of H-pyrrole nitrogens is 1. The summed E-state index contributed by atoms with van der Waals surface area (Å²) in [5.41, 5.74) is 5.42. The van der Waals surface area contributed by atoms with Crippen molar-refractivity contribution in [2.45, 2.75) is 0 Å². The zero-order chi connectivity index (χ0) is 22.8. The molecule has 0 aliphatic carbocycles. The number of rotatable bonds is 4. The van der Waals surface area contributed by atoms with Crippen molar-refractivity contribution in [2.24, 2.45) is 0 Å². The van der Waals surface area contributed by atoms with Crippen LogP contribution in [-0.2, 0) is 0 Å². The van der Waals surface area contributed by atoms with Gasteiger partial charge in [-0.25, -0.2) is 14.2 Å². The fraction of sp³-hybridized carbons (Fsp3) is 0. The highest BCUT2D eigenvalue weighted by Crippen LogP contribution is 2.28. The number of hydrogen-bond donors (Lipinski definition) is 3. The van der Waals surface area contributed by atoms with Crippen molar-refractivity contribution in [1.82, 2.24) is 9.97 Å². The van der Waals surface area contributed by atoms with Gasteiger partial charge >= 0.3 is 6.03 Å². The molecule has 5 nitrogen and oxygen atoms in total. The van der Waals surface area contributed by atoms with Gasteiger partial charge in [0.15, 0.2) is 0 Å². The Morgan fingerprint density at radius 2 is 1.48 bits per heavy atom. The number of imidazole rings is 1. The maximum absolute atomic E-state index is 13.5. The number of urea groups is 1. The maximum atomic E-state index is 13.5. The van der Waals surface area contributed by atoms with Crippen LogP contribution in [0.15, 0.2) is 91.0 Å². The zero-order valence-electron chi connectivity index (χ0n) is 17.3. The van der Waals surface area contributed by atoms with E-state index < -0.39 is 0 Å². The number of aromatic nitrogens is 2. The highest BCUT2D eigenvalue weighted by molar-refractivity contribution is 6.30. The molecule has 0 fully saturated rings. The van der Waals surface area contributed by atoms with E-state index in [0.717, 1.165) is 16.7 Å². The standard InChI is InChI=1S/C26H18ClFN4O/c27-19-7-10-21(11-8-19)29-26(33)30-22-6-2-4-17(14-22)16-3-1-5-18(13-16)25-31-23-12-9-20(28)15-24(23)32-25/h1-15H,(H,31,32)(H2,29,30,33). The summed E-state index contributed by atoms with van der Waals surface area (Å²) in [5.74, 6) is 0.352. The molecule has 0 aliphatic rings. The highest BCUT2D eigenvalue weighted by atomic mass is 35.5. The Morgan fingerprint density at radius 3 is 2.30 bits per heavy atom. The van der Waals surface area contributed by atoms with E-state index in [0.29, 0.717) is 33.3 Å². The monoisotopic (exact) mass is 456 g/mol. The predicted molar refractivity (Wildman–Crippen MR) is 131 cm³/mol. The first-order valence-electron chi connectivity index (χ1n) is 10.2. The molecule has 3 N–H and O–H groups in total. The van der Waals surface area contributed by atoms with E-state index in [2.05, 4.69) is 20.6 Å². The van der Waals surface area contributed by atoms with Crippen LogP contribution in [0.2, 0.25) is 5.02 Å². The van der Waals surface area contributed by atoms with Gasteiger partial charge in [0.2, 0.25) is 0 Å². The van der Waals surface area contributed by atoms with Crippen molar-refractivity contribution in [2.75, 3.05) is 10.6 Å². The number of nitrogens with one attached hydrogen (secondary N) is 3. The molecule has 5 rings (SSSR count). The van der Waals surface area contributed by atoms with Gasteiger partial charge < -0.3 is 15.6 Å². The van der Waals surface area contributed by atoms with E-state index in [1.807, 2.05) is 48.5 Å². The quantitative estimate of drug-likeness (QED) is 0.265. The molecule has 0 bridgehead atoms. The summed E-state index contributed by atoms with van der Waals surface area (Å²) in [4.78, 5) is 20.1. The average molecular weight is 457 g/mol. The van der Waals surface area contributed by atoms with Crippen LogP contribution in [0.25, 0.3) is 33.5 Å². The summed E-state index contributed by atoms with van der Waals surface area (Å²) in [6.45, 7) is 0. The number of carbonyl (C=O) groups excluding carboxylic acids is 1. The second-order valence-electron chi connectivity index (χ2n) is 7.49. The lowest BCUT2D eigenvalue weighted by Crippen LogP contribution is -2.19. The second-order valence-corrected chi connectivity index (χ2v) is 7.93. The topological polar surface area (TPSA) is 69.8 Å². The number of amides is 2. The Kier molecular flexibility index (Phi) is 5.50. The van der Waals surface area contributed by atoms with Crippen LogP contribution >= 0.6 is 11.6 Å². The van der Waals surface area contributed by atoms with Crippen molar-refractivity contribution in [3.05, 3.63) is 102 Å². The van der Waals surface area contributed by atoms with Crippen molar-refractivity contribution >= 4 is 40.0 Å². The predicted octanol–water partition coefficient (Wildman–Crippen LogP) is 7.33. The Hall–Kier alpha value is -4.16. The van der Waals surface area contributed by atoms with Crippen molar-refractivity contribution in [3.63, 3.8) is 0 Å². The van der Waals surface area contributed by atoms with Gasteiger partial charge in [0.1, 0.15) is 11.6 Å². The van der Waals surface area contributed by atoms with Crippen molar-refractivity contribution < 1.29 is 9.18 Å². The van der Waals surface area contributed by atoms with Gasteiger partial charge in [-0.05, 0) is 71.8 Å². The van der Waals surface area contributed by atoms with E-state index in [1.165, 1.54) is 12.1 Å². The number of halogens is 2. The fourth-order valence-corrected chi connectivity index (χ4v) is 3.69. The molecule has 0 spiro atoms. The first kappa shape index (κ1) is 20.7. The molecule has 0 unspecified atom stereocenters. The largest absolute Gasteiger partial charge is 0.338 e. The summed E-state index contributed by atoms with van der Waals surface area (Å²) in [6, 6.07) is 26.4. The third-order valence-electron chi connectivity index (χ3n) is 5.14. The van der Waals surface area contributed by atoms with E-state index in [1.54, 1.807) is 30.3 Å². The van der Waals surface area contributed by atoms with Crippen LogP contribution < -0.4 is 10.6 Å². The van der Waals surface area contributed by atoms with Crippen LogP contribution in [0.4, 0.5) is 20.6 Å². The molecule has 4 aromatic carbocycles. The van der Waals surface area contributed by atoms with E-state index in [-0.39, 0.29) is 11.8 Å². The average Bonchev–Trinajstić information content (AvgIpc) is 3.24. The fourth-order valence-electron chi connectivity index (χ4n) is 3.57. The van der Waals surface area contributed by atoms with Crippen molar-refractivity contribution in [1.29, 1.82) is 0 Å². The van der Waals surface area contributed by atoms with E-state index in [9.17, 15) is 9.18 Å². The summed E-state index contributed by atoms with van der Waals surface area (Å²) in [7, 11) is 0. The number of anilines is 2. The van der Waals surface area contributed by atoms with Gasteiger partial charge in [0.25, 0.3) is 0 Å². The molecular formula is C26H18ClFN4O. The van der Waals surface area contributed by atoms with E-state index >= 15 is 0 Å². The first-order valence-corrected chi connectivity index (χ1v) is 10.6. The Labute approximate surface area is 194 Å². The third kappa shape index (κ3) is 4.71. The normalized spacial score (nSPS) is 10.8. The Morgan fingerprint density at radius 1 is 0.788 bits per heavy atom. The van der Waals surface area contributed by atoms with E-state index in [4.69, 9.17) is 11.6 Å². The number of benzene rings is 4. The molecular weight excluding hydrogens is 439 g/mol. The summed E-state index contributed by atoms with van der Waals surface area (Å²) in [5, 5.41) is 6.23. The highest BCUT2D eigenvalue weighted by Gasteiger charge is 2.09. The lowest BCUT2D eigenvalue weighted by molar-refractivity contribution is 0.262. The maximum Gasteiger partial charge on any atom is 0.323 e. The van der Waals surface area contributed by atoms with Gasteiger partial charge in [-0.3, -0.25) is 0 Å². The molecule has 5 aromatic rings. The smallest absolute Gasteiger partial charge is 0.323 e. The molecule has 162 valence electrons. The SMILES string of the molecule is O=C(Nc1ccc(Cl)cc1)Nc1cccc(-c2cccc(-c3nc4ccc(F)cc4[nH]3)c2)c1. The molecule has 0 radical (unpaired) electrons. The summed E-state index contributed by atoms with van der Waals surface area (Å²) < 4.78 is 13.5. The molecule has 0 atom stereocenters. The zero-order valence-corrected chi connectivity index (χ0v) is 18.0.